The maximum atomic E-state index is 8.96. The summed E-state index contributed by atoms with van der Waals surface area (Å²) in [6.07, 6.45) is 0. The van der Waals surface area contributed by atoms with Crippen LogP contribution in [0, 0.1) is 13.8 Å². The summed E-state index contributed by atoms with van der Waals surface area (Å²) in [5.74, 6) is 0. The zero-order chi connectivity index (χ0) is 12.8. The molecule has 1 aromatic carbocycles. The molecule has 0 heterocycles. The lowest BCUT2D eigenvalue weighted by atomic mass is 10.1. The van der Waals surface area contributed by atoms with Crippen LogP contribution in [-0.2, 0) is 0 Å². The summed E-state index contributed by atoms with van der Waals surface area (Å²) in [6.45, 7) is 7.60. The van der Waals surface area contributed by atoms with Gasteiger partial charge in [0, 0.05) is 18.8 Å². The minimum absolute atomic E-state index is 0.114. The van der Waals surface area contributed by atoms with Crippen LogP contribution in [0.3, 0.4) is 0 Å². The first-order chi connectivity index (χ1) is 8.10. The van der Waals surface area contributed by atoms with Crippen molar-refractivity contribution in [2.45, 2.75) is 20.8 Å². The molecule has 0 unspecified atom stereocenters. The highest BCUT2D eigenvalue weighted by molar-refractivity contribution is 7.80. The van der Waals surface area contributed by atoms with Gasteiger partial charge in [-0.25, -0.2) is 0 Å². The average Bonchev–Trinajstić information content (AvgIpc) is 2.30. The third-order valence-electron chi connectivity index (χ3n) is 2.75. The number of hydrogen-bond acceptors (Lipinski definition) is 2. The molecule has 0 fully saturated rings. The molecule has 0 aliphatic carbocycles. The van der Waals surface area contributed by atoms with Gasteiger partial charge >= 0.3 is 0 Å². The first kappa shape index (κ1) is 13.9. The van der Waals surface area contributed by atoms with E-state index in [4.69, 9.17) is 17.3 Å². The highest BCUT2D eigenvalue weighted by atomic mass is 32.1. The van der Waals surface area contributed by atoms with Crippen molar-refractivity contribution in [1.82, 2.24) is 4.90 Å². The number of aryl methyl sites for hydroxylation is 2. The molecule has 1 aromatic rings. The Morgan fingerprint density at radius 3 is 2.41 bits per heavy atom. The molecule has 1 rings (SSSR count). The van der Waals surface area contributed by atoms with Crippen molar-refractivity contribution >= 4 is 23.0 Å². The van der Waals surface area contributed by atoms with Crippen LogP contribution in [0.4, 0.5) is 5.69 Å². The SMILES string of the molecule is CCN(CCO)C(=S)Nc1c(C)cccc1C. The zero-order valence-corrected chi connectivity index (χ0v) is 11.5. The normalized spacial score (nSPS) is 10.1. The fraction of sp³-hybridized carbons (Fsp3) is 0.462. The topological polar surface area (TPSA) is 35.5 Å². The van der Waals surface area contributed by atoms with Crippen molar-refractivity contribution in [1.29, 1.82) is 0 Å². The number of benzene rings is 1. The molecule has 0 aliphatic rings. The molecule has 4 heteroatoms. The van der Waals surface area contributed by atoms with E-state index in [-0.39, 0.29) is 6.61 Å². The molecule has 0 spiro atoms. The number of anilines is 1. The van der Waals surface area contributed by atoms with E-state index in [2.05, 4.69) is 31.3 Å². The number of nitrogens with zero attached hydrogens (tertiary/aromatic N) is 1. The summed E-state index contributed by atoms with van der Waals surface area (Å²) < 4.78 is 0. The lowest BCUT2D eigenvalue weighted by Crippen LogP contribution is -2.36. The van der Waals surface area contributed by atoms with Gasteiger partial charge in [-0.15, -0.1) is 0 Å². The zero-order valence-electron chi connectivity index (χ0n) is 10.7. The fourth-order valence-corrected chi connectivity index (χ4v) is 2.04. The summed E-state index contributed by atoms with van der Waals surface area (Å²) in [4.78, 5) is 1.95. The van der Waals surface area contributed by atoms with E-state index in [0.29, 0.717) is 11.7 Å². The van der Waals surface area contributed by atoms with E-state index in [1.165, 1.54) is 11.1 Å². The molecule has 0 radical (unpaired) electrons. The van der Waals surface area contributed by atoms with E-state index >= 15 is 0 Å². The summed E-state index contributed by atoms with van der Waals surface area (Å²) in [7, 11) is 0. The average molecular weight is 252 g/mol. The summed E-state index contributed by atoms with van der Waals surface area (Å²) in [6, 6.07) is 6.14. The molecule has 17 heavy (non-hydrogen) atoms. The molecule has 0 bridgehead atoms. The van der Waals surface area contributed by atoms with E-state index in [1.807, 2.05) is 17.9 Å². The van der Waals surface area contributed by atoms with E-state index in [1.54, 1.807) is 0 Å². The van der Waals surface area contributed by atoms with Gasteiger partial charge < -0.3 is 15.3 Å². The number of rotatable bonds is 4. The number of aliphatic hydroxyl groups is 1. The third-order valence-corrected chi connectivity index (χ3v) is 3.11. The van der Waals surface area contributed by atoms with Crippen LogP contribution in [0.25, 0.3) is 0 Å². The van der Waals surface area contributed by atoms with Crippen molar-refractivity contribution in [3.05, 3.63) is 29.3 Å². The van der Waals surface area contributed by atoms with E-state index in [0.717, 1.165) is 12.2 Å². The molecule has 0 aromatic heterocycles. The number of hydrogen-bond donors (Lipinski definition) is 2. The van der Waals surface area contributed by atoms with Gasteiger partial charge in [0.05, 0.1) is 6.61 Å². The molecular weight excluding hydrogens is 232 g/mol. The lowest BCUT2D eigenvalue weighted by Gasteiger charge is -2.24. The summed E-state index contributed by atoms with van der Waals surface area (Å²) in [5, 5.41) is 12.9. The van der Waals surface area contributed by atoms with Crippen LogP contribution < -0.4 is 5.32 Å². The van der Waals surface area contributed by atoms with Crippen molar-refractivity contribution in [3.63, 3.8) is 0 Å². The predicted molar refractivity (Wildman–Crippen MR) is 76.5 cm³/mol. The Balaban J connectivity index is 2.80. The number of likely N-dealkylation sites (N-methyl/N-ethyl adjacent to an activating group) is 1. The smallest absolute Gasteiger partial charge is 0.173 e. The lowest BCUT2D eigenvalue weighted by molar-refractivity contribution is 0.254. The predicted octanol–water partition coefficient (Wildman–Crippen LogP) is 2.31. The van der Waals surface area contributed by atoms with Crippen LogP contribution in [0.5, 0.6) is 0 Å². The standard InChI is InChI=1S/C13H20N2OS/c1-4-15(8-9-16)13(17)14-12-10(2)6-5-7-11(12)3/h5-7,16H,4,8-9H2,1-3H3,(H,14,17). The number of thiocarbonyl (C=S) groups is 1. The number of nitrogens with one attached hydrogen (secondary N) is 1. The monoisotopic (exact) mass is 252 g/mol. The van der Waals surface area contributed by atoms with Gasteiger partial charge in [-0.1, -0.05) is 18.2 Å². The fourth-order valence-electron chi connectivity index (χ4n) is 1.72. The van der Waals surface area contributed by atoms with Gasteiger partial charge in [0.25, 0.3) is 0 Å². The van der Waals surface area contributed by atoms with Gasteiger partial charge in [0.2, 0.25) is 0 Å². The molecule has 2 N–H and O–H groups in total. The first-order valence-electron chi connectivity index (χ1n) is 5.83. The van der Waals surface area contributed by atoms with E-state index < -0.39 is 0 Å². The second-order valence-electron chi connectivity index (χ2n) is 4.00. The van der Waals surface area contributed by atoms with Gasteiger partial charge in [0.1, 0.15) is 0 Å². The molecular formula is C13H20N2OS. The largest absolute Gasteiger partial charge is 0.395 e. The van der Waals surface area contributed by atoms with E-state index in [9.17, 15) is 0 Å². The van der Waals surface area contributed by atoms with Crippen LogP contribution in [-0.4, -0.2) is 34.8 Å². The van der Waals surface area contributed by atoms with Crippen molar-refractivity contribution < 1.29 is 5.11 Å². The molecule has 0 aliphatic heterocycles. The number of aliphatic hydroxyl groups excluding tert-OH is 1. The molecule has 0 atom stereocenters. The second-order valence-corrected chi connectivity index (χ2v) is 4.39. The second kappa shape index (κ2) is 6.57. The maximum absolute atomic E-state index is 8.96. The quantitative estimate of drug-likeness (QED) is 0.806. The van der Waals surface area contributed by atoms with Crippen LogP contribution in [0.15, 0.2) is 18.2 Å². The van der Waals surface area contributed by atoms with Crippen molar-refractivity contribution in [2.75, 3.05) is 25.0 Å². The summed E-state index contributed by atoms with van der Waals surface area (Å²) in [5.41, 5.74) is 3.41. The number of para-hydroxylation sites is 1. The third kappa shape index (κ3) is 3.68. The Bertz CT molecular complexity index is 373. The minimum atomic E-state index is 0.114. The van der Waals surface area contributed by atoms with Gasteiger partial charge in [-0.3, -0.25) is 0 Å². The van der Waals surface area contributed by atoms with Crippen LogP contribution in [0.1, 0.15) is 18.1 Å². The highest BCUT2D eigenvalue weighted by Crippen LogP contribution is 2.19. The molecule has 0 amide bonds. The highest BCUT2D eigenvalue weighted by Gasteiger charge is 2.09. The molecule has 94 valence electrons. The first-order valence-corrected chi connectivity index (χ1v) is 6.24. The Morgan fingerprint density at radius 2 is 1.94 bits per heavy atom. The maximum Gasteiger partial charge on any atom is 0.173 e. The Morgan fingerprint density at radius 1 is 1.35 bits per heavy atom. The van der Waals surface area contributed by atoms with Crippen molar-refractivity contribution in [2.24, 2.45) is 0 Å². The Hall–Kier alpha value is -1.13. The Labute approximate surface area is 108 Å². The van der Waals surface area contributed by atoms with Gasteiger partial charge in [-0.05, 0) is 44.1 Å². The molecule has 0 saturated heterocycles. The molecule has 3 nitrogen and oxygen atoms in total. The minimum Gasteiger partial charge on any atom is -0.395 e. The van der Waals surface area contributed by atoms with Crippen molar-refractivity contribution in [3.8, 4) is 0 Å². The van der Waals surface area contributed by atoms with Crippen LogP contribution in [0.2, 0.25) is 0 Å². The van der Waals surface area contributed by atoms with Gasteiger partial charge in [-0.2, -0.15) is 0 Å². The summed E-state index contributed by atoms with van der Waals surface area (Å²) >= 11 is 5.35. The Kier molecular flexibility index (Phi) is 5.38. The van der Waals surface area contributed by atoms with Crippen LogP contribution >= 0.6 is 12.2 Å². The molecule has 0 saturated carbocycles. The van der Waals surface area contributed by atoms with Gasteiger partial charge in [0.15, 0.2) is 5.11 Å².